The van der Waals surface area contributed by atoms with Crippen LogP contribution in [0.15, 0.2) is 41.6 Å². The van der Waals surface area contributed by atoms with Gasteiger partial charge in [0, 0.05) is 0 Å². The summed E-state index contributed by atoms with van der Waals surface area (Å²) in [5.41, 5.74) is 2.32. The number of H-pyrrole nitrogens is 1. The van der Waals surface area contributed by atoms with E-state index in [4.69, 9.17) is 23.2 Å². The van der Waals surface area contributed by atoms with E-state index < -0.39 is 21.5 Å². The van der Waals surface area contributed by atoms with Crippen LogP contribution in [0.2, 0.25) is 10.0 Å². The van der Waals surface area contributed by atoms with Gasteiger partial charge in [0.2, 0.25) is 20.9 Å². The molecule has 2 aromatic carbocycles. The summed E-state index contributed by atoms with van der Waals surface area (Å²) >= 11 is 11.8. The number of hydrogen-bond acceptors (Lipinski definition) is 4. The number of amides is 1. The van der Waals surface area contributed by atoms with Crippen LogP contribution < -0.4 is 5.32 Å². The molecule has 0 aliphatic heterocycles. The molecule has 0 atom stereocenters. The van der Waals surface area contributed by atoms with Gasteiger partial charge >= 0.3 is 0 Å². The molecular weight excluding hydrogens is 385 g/mol. The average molecular weight is 398 g/mol. The highest BCUT2D eigenvalue weighted by Crippen LogP contribution is 2.29. The third kappa shape index (κ3) is 3.78. The lowest BCUT2D eigenvalue weighted by atomic mass is 10.2. The molecule has 0 saturated heterocycles. The molecule has 2 N–H and O–H groups in total. The normalized spacial score (nSPS) is 11.6. The quantitative estimate of drug-likeness (QED) is 0.703. The van der Waals surface area contributed by atoms with E-state index in [1.807, 2.05) is 13.0 Å². The van der Waals surface area contributed by atoms with Crippen LogP contribution in [0.3, 0.4) is 0 Å². The van der Waals surface area contributed by atoms with E-state index in [2.05, 4.69) is 15.3 Å². The summed E-state index contributed by atoms with van der Waals surface area (Å²) in [6, 6.07) is 10.0. The molecule has 6 nitrogen and oxygen atoms in total. The number of imidazole rings is 1. The van der Waals surface area contributed by atoms with Crippen LogP contribution in [0.25, 0.3) is 11.0 Å². The van der Waals surface area contributed by atoms with Gasteiger partial charge in [-0.15, -0.1) is 0 Å². The molecule has 0 saturated carbocycles. The molecule has 9 heteroatoms. The van der Waals surface area contributed by atoms with Crippen LogP contribution >= 0.6 is 23.2 Å². The van der Waals surface area contributed by atoms with E-state index in [0.717, 1.165) is 5.56 Å². The van der Waals surface area contributed by atoms with Crippen molar-refractivity contribution in [3.05, 3.63) is 52.0 Å². The van der Waals surface area contributed by atoms with E-state index in [-0.39, 0.29) is 20.9 Å². The number of benzene rings is 2. The first kappa shape index (κ1) is 17.7. The van der Waals surface area contributed by atoms with Crippen molar-refractivity contribution in [2.45, 2.75) is 12.1 Å². The van der Waals surface area contributed by atoms with Crippen LogP contribution in [-0.2, 0) is 14.6 Å². The van der Waals surface area contributed by atoms with Crippen molar-refractivity contribution in [1.29, 1.82) is 0 Å². The SMILES string of the molecule is Cc1ccc2nc(S(=O)(=O)CC(=O)Nc3cccc(Cl)c3Cl)[nH]c2c1. The number of halogens is 2. The van der Waals surface area contributed by atoms with E-state index in [9.17, 15) is 13.2 Å². The Bertz CT molecular complexity index is 1080. The highest BCUT2D eigenvalue weighted by Gasteiger charge is 2.24. The zero-order valence-electron chi connectivity index (χ0n) is 13.0. The predicted octanol–water partition coefficient (Wildman–Crippen LogP) is 3.59. The lowest BCUT2D eigenvalue weighted by Crippen LogP contribution is -2.23. The van der Waals surface area contributed by atoms with Gasteiger partial charge in [-0.1, -0.05) is 35.3 Å². The summed E-state index contributed by atoms with van der Waals surface area (Å²) < 4.78 is 24.9. The molecular formula is C16H13Cl2N3O3S. The van der Waals surface area contributed by atoms with Crippen molar-refractivity contribution in [1.82, 2.24) is 9.97 Å². The number of aromatic amines is 1. The Morgan fingerprint density at radius 1 is 1.24 bits per heavy atom. The van der Waals surface area contributed by atoms with Crippen LogP contribution in [0.5, 0.6) is 0 Å². The van der Waals surface area contributed by atoms with E-state index in [0.29, 0.717) is 11.0 Å². The summed E-state index contributed by atoms with van der Waals surface area (Å²) in [6.07, 6.45) is 0. The molecule has 1 amide bonds. The summed E-state index contributed by atoms with van der Waals surface area (Å²) in [5.74, 6) is -1.50. The number of carbonyl (C=O) groups excluding carboxylic acids is 1. The number of nitrogens with zero attached hydrogens (tertiary/aromatic N) is 1. The van der Waals surface area contributed by atoms with Gasteiger partial charge in [-0.2, -0.15) is 0 Å². The molecule has 130 valence electrons. The third-order valence-corrected chi connectivity index (χ3v) is 5.70. The van der Waals surface area contributed by atoms with Gasteiger partial charge in [-0.3, -0.25) is 4.79 Å². The Kier molecular flexibility index (Phi) is 4.73. The van der Waals surface area contributed by atoms with Crippen molar-refractivity contribution in [3.8, 4) is 0 Å². The van der Waals surface area contributed by atoms with Gasteiger partial charge < -0.3 is 10.3 Å². The lowest BCUT2D eigenvalue weighted by Gasteiger charge is -2.07. The minimum Gasteiger partial charge on any atom is -0.329 e. The summed E-state index contributed by atoms with van der Waals surface area (Å²) in [6.45, 7) is 1.89. The molecule has 0 radical (unpaired) electrons. The maximum absolute atomic E-state index is 12.4. The smallest absolute Gasteiger partial charge is 0.240 e. The number of aryl methyl sites for hydroxylation is 1. The van der Waals surface area contributed by atoms with Crippen molar-refractivity contribution in [2.24, 2.45) is 0 Å². The fourth-order valence-electron chi connectivity index (χ4n) is 2.27. The minimum atomic E-state index is -3.93. The molecule has 0 fully saturated rings. The van der Waals surface area contributed by atoms with Gasteiger partial charge in [0.25, 0.3) is 0 Å². The maximum Gasteiger partial charge on any atom is 0.240 e. The average Bonchev–Trinajstić information content (AvgIpc) is 2.95. The zero-order chi connectivity index (χ0) is 18.2. The van der Waals surface area contributed by atoms with Crippen LogP contribution in [0.1, 0.15) is 5.56 Å². The Hall–Kier alpha value is -2.09. The predicted molar refractivity (Wildman–Crippen MR) is 98.0 cm³/mol. The Balaban J connectivity index is 1.82. The van der Waals surface area contributed by atoms with Gasteiger partial charge in [0.1, 0.15) is 5.75 Å². The summed E-state index contributed by atoms with van der Waals surface area (Å²) in [7, 11) is -3.93. The topological polar surface area (TPSA) is 91.9 Å². The molecule has 0 bridgehead atoms. The standard InChI is InChI=1S/C16H13Cl2N3O3S/c1-9-5-6-11-13(7-9)21-16(20-11)25(23,24)8-14(22)19-12-4-2-3-10(17)15(12)18/h2-7H,8H2,1H3,(H,19,22)(H,20,21). The number of carbonyl (C=O) groups is 1. The maximum atomic E-state index is 12.4. The van der Waals surface area contributed by atoms with E-state index in [1.165, 1.54) is 6.07 Å². The van der Waals surface area contributed by atoms with Crippen molar-refractivity contribution in [3.63, 3.8) is 0 Å². The fraction of sp³-hybridized carbons (Fsp3) is 0.125. The second-order valence-electron chi connectivity index (χ2n) is 5.47. The molecule has 3 aromatic rings. The molecule has 0 unspecified atom stereocenters. The second-order valence-corrected chi connectivity index (χ2v) is 8.16. The van der Waals surface area contributed by atoms with Gasteiger partial charge in [-0.25, -0.2) is 13.4 Å². The van der Waals surface area contributed by atoms with Crippen LogP contribution in [-0.4, -0.2) is 30.0 Å². The van der Waals surface area contributed by atoms with Gasteiger partial charge in [-0.05, 0) is 36.8 Å². The van der Waals surface area contributed by atoms with Crippen molar-refractivity contribution >= 4 is 55.7 Å². The first-order valence-electron chi connectivity index (χ1n) is 7.19. The number of hydrogen-bond donors (Lipinski definition) is 2. The molecule has 25 heavy (non-hydrogen) atoms. The van der Waals surface area contributed by atoms with Crippen molar-refractivity contribution < 1.29 is 13.2 Å². The van der Waals surface area contributed by atoms with Crippen LogP contribution in [0, 0.1) is 6.92 Å². The highest BCUT2D eigenvalue weighted by molar-refractivity contribution is 7.92. The number of fused-ring (bicyclic) bond motifs is 1. The second kappa shape index (κ2) is 6.67. The first-order chi connectivity index (χ1) is 11.8. The molecule has 0 aliphatic rings. The van der Waals surface area contributed by atoms with Gasteiger partial charge in [0.05, 0.1) is 26.8 Å². The lowest BCUT2D eigenvalue weighted by molar-refractivity contribution is -0.113. The highest BCUT2D eigenvalue weighted by atomic mass is 35.5. The molecule has 1 aromatic heterocycles. The summed E-state index contributed by atoms with van der Waals surface area (Å²) in [5, 5.41) is 2.60. The fourth-order valence-corrected chi connectivity index (χ4v) is 3.68. The molecule has 1 heterocycles. The van der Waals surface area contributed by atoms with Crippen LogP contribution in [0.4, 0.5) is 5.69 Å². The number of anilines is 1. The molecule has 0 aliphatic carbocycles. The Labute approximate surface area is 154 Å². The largest absolute Gasteiger partial charge is 0.329 e. The van der Waals surface area contributed by atoms with E-state index >= 15 is 0 Å². The van der Waals surface area contributed by atoms with Gasteiger partial charge in [0.15, 0.2) is 0 Å². The van der Waals surface area contributed by atoms with Crippen molar-refractivity contribution in [2.75, 3.05) is 11.1 Å². The number of nitrogens with one attached hydrogen (secondary N) is 2. The zero-order valence-corrected chi connectivity index (χ0v) is 15.3. The Morgan fingerprint density at radius 3 is 2.76 bits per heavy atom. The number of sulfone groups is 1. The number of aromatic nitrogens is 2. The third-order valence-electron chi connectivity index (χ3n) is 3.46. The Morgan fingerprint density at radius 2 is 2.00 bits per heavy atom. The first-order valence-corrected chi connectivity index (χ1v) is 9.60. The summed E-state index contributed by atoms with van der Waals surface area (Å²) in [4.78, 5) is 18.9. The molecule has 3 rings (SSSR count). The minimum absolute atomic E-state index is 0.147. The molecule has 0 spiro atoms. The van der Waals surface area contributed by atoms with E-state index in [1.54, 1.807) is 24.3 Å². The monoisotopic (exact) mass is 397 g/mol. The number of rotatable bonds is 4.